The summed E-state index contributed by atoms with van der Waals surface area (Å²) in [6, 6.07) is 0. The number of carbonyl (C=O) groups is 1. The molecule has 12 heavy (non-hydrogen) atoms. The molecular weight excluding hydrogens is 171 g/mol. The van der Waals surface area contributed by atoms with E-state index in [2.05, 4.69) is 0 Å². The van der Waals surface area contributed by atoms with E-state index in [9.17, 15) is 9.18 Å². The molecule has 0 radical (unpaired) electrons. The topological polar surface area (TPSA) is 98.0 Å². The van der Waals surface area contributed by atoms with Crippen LogP contribution in [0.15, 0.2) is 0 Å². The van der Waals surface area contributed by atoms with Gasteiger partial charge in [0.2, 0.25) is 0 Å². The molecule has 0 aromatic rings. The lowest BCUT2D eigenvalue weighted by Crippen LogP contribution is -2.45. The molecule has 0 aliphatic rings. The molecule has 6 heteroatoms. The second-order valence-corrected chi connectivity index (χ2v) is 2.33. The van der Waals surface area contributed by atoms with Crippen molar-refractivity contribution in [2.45, 2.75) is 24.4 Å². The first-order valence-corrected chi connectivity index (χ1v) is 3.28. The predicted octanol–water partition coefficient (Wildman–Crippen LogP) is -2.40. The van der Waals surface area contributed by atoms with E-state index in [1.165, 1.54) is 0 Å². The van der Waals surface area contributed by atoms with E-state index < -0.39 is 31.1 Å². The molecule has 0 heterocycles. The Bertz CT molecular complexity index is 142. The fourth-order valence-electron chi connectivity index (χ4n) is 0.601. The predicted molar refractivity (Wildman–Crippen MR) is 36.1 cm³/mol. The van der Waals surface area contributed by atoms with E-state index in [0.717, 1.165) is 0 Å². The van der Waals surface area contributed by atoms with Gasteiger partial charge in [0.25, 0.3) is 0 Å². The Hall–Kier alpha value is -0.560. The monoisotopic (exact) mass is 182 g/mol. The third kappa shape index (κ3) is 2.82. The van der Waals surface area contributed by atoms with Crippen molar-refractivity contribution in [2.24, 2.45) is 0 Å². The molecule has 0 aliphatic carbocycles. The summed E-state index contributed by atoms with van der Waals surface area (Å²) in [6.45, 7) is -1.26. The minimum Gasteiger partial charge on any atom is -0.388 e. The maximum atomic E-state index is 11.7. The summed E-state index contributed by atoms with van der Waals surface area (Å²) in [6.07, 6.45) is -7.36. The van der Waals surface area contributed by atoms with E-state index in [4.69, 9.17) is 20.4 Å². The Kier molecular flexibility index (Phi) is 4.91. The van der Waals surface area contributed by atoms with Crippen molar-refractivity contribution in [1.82, 2.24) is 0 Å². The van der Waals surface area contributed by atoms with Crippen LogP contribution in [0.3, 0.4) is 0 Å². The zero-order chi connectivity index (χ0) is 9.72. The number of alkyl halides is 1. The van der Waals surface area contributed by atoms with Gasteiger partial charge in [-0.1, -0.05) is 0 Å². The zero-order valence-electron chi connectivity index (χ0n) is 6.17. The van der Waals surface area contributed by atoms with Crippen molar-refractivity contribution in [3.05, 3.63) is 0 Å². The van der Waals surface area contributed by atoms with E-state index in [-0.39, 0.29) is 6.29 Å². The van der Waals surface area contributed by atoms with Gasteiger partial charge in [0, 0.05) is 0 Å². The highest BCUT2D eigenvalue weighted by Crippen LogP contribution is 2.04. The van der Waals surface area contributed by atoms with Gasteiger partial charge >= 0.3 is 0 Å². The number of aldehydes is 1. The van der Waals surface area contributed by atoms with Gasteiger partial charge in [0.15, 0.2) is 6.29 Å². The summed E-state index contributed by atoms with van der Waals surface area (Å²) < 4.78 is 11.7. The maximum Gasteiger partial charge on any atom is 0.151 e. The number of hydrogen-bond acceptors (Lipinski definition) is 5. The van der Waals surface area contributed by atoms with Crippen LogP contribution in [-0.2, 0) is 4.79 Å². The molecule has 4 N–H and O–H groups in total. The molecule has 0 amide bonds. The van der Waals surface area contributed by atoms with E-state index in [1.807, 2.05) is 0 Å². The molecule has 5 nitrogen and oxygen atoms in total. The lowest BCUT2D eigenvalue weighted by Gasteiger charge is -2.21. The number of rotatable bonds is 5. The van der Waals surface area contributed by atoms with Gasteiger partial charge in [-0.2, -0.15) is 0 Å². The summed E-state index contributed by atoms with van der Waals surface area (Å²) >= 11 is 0. The Balaban J connectivity index is 4.07. The number of carbonyl (C=O) groups excluding carboxylic acids is 1. The van der Waals surface area contributed by atoms with Gasteiger partial charge in [0.1, 0.15) is 31.1 Å². The van der Waals surface area contributed by atoms with Crippen LogP contribution >= 0.6 is 0 Å². The van der Waals surface area contributed by atoms with Crippen molar-refractivity contribution in [3.8, 4) is 0 Å². The third-order valence-corrected chi connectivity index (χ3v) is 1.39. The highest BCUT2D eigenvalue weighted by molar-refractivity contribution is 5.56. The minimum absolute atomic E-state index is 0.0150. The SMILES string of the molecule is O=C[C@@H](O)[C@@H](O)[C@H](O)[C@@H](O)CF. The molecule has 0 rings (SSSR count). The summed E-state index contributed by atoms with van der Waals surface area (Å²) in [4.78, 5) is 9.87. The zero-order valence-corrected chi connectivity index (χ0v) is 6.17. The molecule has 0 saturated carbocycles. The van der Waals surface area contributed by atoms with Crippen molar-refractivity contribution < 1.29 is 29.6 Å². The second kappa shape index (κ2) is 5.15. The molecule has 4 atom stereocenters. The summed E-state index contributed by atoms with van der Waals surface area (Å²) in [5.74, 6) is 0. The van der Waals surface area contributed by atoms with Gasteiger partial charge in [-0.25, -0.2) is 4.39 Å². The summed E-state index contributed by atoms with van der Waals surface area (Å²) in [7, 11) is 0. The second-order valence-electron chi connectivity index (χ2n) is 2.33. The summed E-state index contributed by atoms with van der Waals surface area (Å²) in [5, 5.41) is 34.9. The first-order chi connectivity index (χ1) is 5.54. The first kappa shape index (κ1) is 11.4. The lowest BCUT2D eigenvalue weighted by atomic mass is 10.0. The summed E-state index contributed by atoms with van der Waals surface area (Å²) in [5.41, 5.74) is 0. The lowest BCUT2D eigenvalue weighted by molar-refractivity contribution is -0.134. The van der Waals surface area contributed by atoms with Crippen LogP contribution < -0.4 is 0 Å². The van der Waals surface area contributed by atoms with Gasteiger partial charge in [0.05, 0.1) is 0 Å². The molecule has 72 valence electrons. The van der Waals surface area contributed by atoms with E-state index in [0.29, 0.717) is 0 Å². The fourth-order valence-corrected chi connectivity index (χ4v) is 0.601. The highest BCUT2D eigenvalue weighted by Gasteiger charge is 2.29. The van der Waals surface area contributed by atoms with Crippen molar-refractivity contribution in [2.75, 3.05) is 6.67 Å². The smallest absolute Gasteiger partial charge is 0.151 e. The average Bonchev–Trinajstić information content (AvgIpc) is 2.12. The maximum absolute atomic E-state index is 11.7. The molecule has 0 fully saturated rings. The molecule has 0 aromatic heterocycles. The molecule has 0 aliphatic heterocycles. The Morgan fingerprint density at radius 2 is 1.67 bits per heavy atom. The molecule has 0 unspecified atom stereocenters. The molecule has 0 aromatic carbocycles. The molecule has 0 bridgehead atoms. The first-order valence-electron chi connectivity index (χ1n) is 3.28. The van der Waals surface area contributed by atoms with Gasteiger partial charge < -0.3 is 25.2 Å². The van der Waals surface area contributed by atoms with Crippen LogP contribution in [0.25, 0.3) is 0 Å². The largest absolute Gasteiger partial charge is 0.388 e. The van der Waals surface area contributed by atoms with Crippen molar-refractivity contribution >= 4 is 6.29 Å². The Labute approximate surface area is 68.1 Å². The number of aliphatic hydroxyl groups excluding tert-OH is 4. The minimum atomic E-state index is -1.87. The molecule has 0 spiro atoms. The van der Waals surface area contributed by atoms with Crippen LogP contribution in [0.2, 0.25) is 0 Å². The van der Waals surface area contributed by atoms with Gasteiger partial charge in [-0.05, 0) is 0 Å². The Morgan fingerprint density at radius 1 is 1.17 bits per heavy atom. The molecule has 0 saturated heterocycles. The van der Waals surface area contributed by atoms with Crippen molar-refractivity contribution in [3.63, 3.8) is 0 Å². The fraction of sp³-hybridized carbons (Fsp3) is 0.833. The third-order valence-electron chi connectivity index (χ3n) is 1.39. The number of hydrogen-bond donors (Lipinski definition) is 4. The van der Waals surface area contributed by atoms with E-state index in [1.54, 1.807) is 0 Å². The quantitative estimate of drug-likeness (QED) is 0.355. The van der Waals surface area contributed by atoms with Crippen LogP contribution in [-0.4, -0.2) is 57.8 Å². The van der Waals surface area contributed by atoms with E-state index >= 15 is 0 Å². The number of aliphatic hydroxyl groups is 4. The van der Waals surface area contributed by atoms with Gasteiger partial charge in [-0.3, -0.25) is 0 Å². The van der Waals surface area contributed by atoms with Gasteiger partial charge in [-0.15, -0.1) is 0 Å². The Morgan fingerprint density at radius 3 is 2.00 bits per heavy atom. The molecular formula is C6H11FO5. The van der Waals surface area contributed by atoms with Crippen LogP contribution in [0.5, 0.6) is 0 Å². The highest BCUT2D eigenvalue weighted by atomic mass is 19.1. The standard InChI is InChI=1S/C6H11FO5/c7-1-3(9)5(11)6(12)4(10)2-8/h2-6,9-12H,1H2/t3-,4+,5+,6+/m0/s1. The average molecular weight is 182 g/mol. The van der Waals surface area contributed by atoms with Crippen LogP contribution in [0, 0.1) is 0 Å². The van der Waals surface area contributed by atoms with Crippen molar-refractivity contribution in [1.29, 1.82) is 0 Å². The van der Waals surface area contributed by atoms with Crippen LogP contribution in [0.1, 0.15) is 0 Å². The normalized spacial score (nSPS) is 21.1. The van der Waals surface area contributed by atoms with Crippen LogP contribution in [0.4, 0.5) is 4.39 Å². The number of halogens is 1.